The Morgan fingerprint density at radius 1 is 1.20 bits per heavy atom. The minimum absolute atomic E-state index is 0.394. The van der Waals surface area contributed by atoms with Gasteiger partial charge in [-0.3, -0.25) is 0 Å². The van der Waals surface area contributed by atoms with Crippen LogP contribution in [0.2, 0.25) is 0 Å². The summed E-state index contributed by atoms with van der Waals surface area (Å²) in [6, 6.07) is 3.71. The Balaban J connectivity index is 2.11. The number of piperidine rings is 1. The van der Waals surface area contributed by atoms with Crippen molar-refractivity contribution in [3.8, 4) is 0 Å². The molecule has 1 atom stereocenters. The van der Waals surface area contributed by atoms with Gasteiger partial charge in [0, 0.05) is 6.54 Å². The van der Waals surface area contributed by atoms with Crippen molar-refractivity contribution < 1.29 is 8.42 Å². The van der Waals surface area contributed by atoms with E-state index in [0.717, 1.165) is 42.6 Å². The van der Waals surface area contributed by atoms with Crippen molar-refractivity contribution in [2.24, 2.45) is 5.92 Å². The Hall–Kier alpha value is -0.910. The van der Waals surface area contributed by atoms with Crippen LogP contribution < -0.4 is 10.0 Å². The Kier molecular flexibility index (Phi) is 4.83. The normalized spacial score (nSPS) is 20.1. The standard InChI is InChI=1S/C15H24N2O2S/c1-11-7-13(3)15(8-12(11)2)20(18,19)17-10-14-5-4-6-16-9-14/h7-8,14,16-17H,4-6,9-10H2,1-3H3. The van der Waals surface area contributed by atoms with Gasteiger partial charge in [0.2, 0.25) is 10.0 Å². The molecule has 1 aromatic rings. The lowest BCUT2D eigenvalue weighted by atomic mass is 10.0. The van der Waals surface area contributed by atoms with Crippen molar-refractivity contribution in [1.82, 2.24) is 10.0 Å². The Labute approximate surface area is 122 Å². The molecule has 112 valence electrons. The van der Waals surface area contributed by atoms with E-state index in [-0.39, 0.29) is 0 Å². The fraction of sp³-hybridized carbons (Fsp3) is 0.600. The lowest BCUT2D eigenvalue weighted by Gasteiger charge is -2.23. The fourth-order valence-electron chi connectivity index (χ4n) is 2.63. The summed E-state index contributed by atoms with van der Waals surface area (Å²) in [6.45, 7) is 8.25. The number of aryl methyl sites for hydroxylation is 3. The number of hydrogen-bond donors (Lipinski definition) is 2. The first-order chi connectivity index (χ1) is 9.40. The van der Waals surface area contributed by atoms with Crippen molar-refractivity contribution in [1.29, 1.82) is 0 Å². The maximum atomic E-state index is 12.4. The van der Waals surface area contributed by atoms with E-state index in [2.05, 4.69) is 10.0 Å². The monoisotopic (exact) mass is 296 g/mol. The number of nitrogens with one attached hydrogen (secondary N) is 2. The predicted octanol–water partition coefficient (Wildman–Crippen LogP) is 1.89. The van der Waals surface area contributed by atoms with Crippen molar-refractivity contribution >= 4 is 10.0 Å². The van der Waals surface area contributed by atoms with E-state index in [0.29, 0.717) is 17.4 Å². The Morgan fingerprint density at radius 3 is 2.55 bits per heavy atom. The molecule has 20 heavy (non-hydrogen) atoms. The van der Waals surface area contributed by atoms with Gasteiger partial charge in [0.05, 0.1) is 4.90 Å². The maximum absolute atomic E-state index is 12.4. The number of rotatable bonds is 4. The molecule has 0 saturated carbocycles. The van der Waals surface area contributed by atoms with Crippen LogP contribution in [-0.4, -0.2) is 28.1 Å². The van der Waals surface area contributed by atoms with Crippen LogP contribution in [0, 0.1) is 26.7 Å². The minimum atomic E-state index is -3.41. The quantitative estimate of drug-likeness (QED) is 0.892. The second kappa shape index (κ2) is 6.24. The van der Waals surface area contributed by atoms with Gasteiger partial charge >= 0.3 is 0 Å². The molecule has 5 heteroatoms. The smallest absolute Gasteiger partial charge is 0.240 e. The first-order valence-corrected chi connectivity index (χ1v) is 8.66. The van der Waals surface area contributed by atoms with Gasteiger partial charge in [0.1, 0.15) is 0 Å². The maximum Gasteiger partial charge on any atom is 0.240 e. The lowest BCUT2D eigenvalue weighted by molar-refractivity contribution is 0.376. The largest absolute Gasteiger partial charge is 0.316 e. The third-order valence-corrected chi connectivity index (χ3v) is 5.61. The molecular formula is C15H24N2O2S. The zero-order valence-corrected chi connectivity index (χ0v) is 13.3. The van der Waals surface area contributed by atoms with Gasteiger partial charge in [0.15, 0.2) is 0 Å². The molecule has 1 aliphatic heterocycles. The third kappa shape index (κ3) is 3.59. The highest BCUT2D eigenvalue weighted by Gasteiger charge is 2.20. The van der Waals surface area contributed by atoms with E-state index in [4.69, 9.17) is 0 Å². The van der Waals surface area contributed by atoms with Gasteiger partial charge in [-0.25, -0.2) is 13.1 Å². The molecule has 4 nitrogen and oxygen atoms in total. The molecule has 1 aromatic carbocycles. The molecule has 0 aliphatic carbocycles. The molecule has 2 N–H and O–H groups in total. The number of sulfonamides is 1. The zero-order valence-electron chi connectivity index (χ0n) is 12.5. The van der Waals surface area contributed by atoms with Gasteiger partial charge in [-0.1, -0.05) is 6.07 Å². The average Bonchev–Trinajstić information content (AvgIpc) is 2.42. The second-order valence-corrected chi connectivity index (χ2v) is 7.50. The van der Waals surface area contributed by atoms with Crippen LogP contribution in [0.15, 0.2) is 17.0 Å². The van der Waals surface area contributed by atoms with Crippen LogP contribution >= 0.6 is 0 Å². The molecule has 1 aliphatic rings. The van der Waals surface area contributed by atoms with Gasteiger partial charge in [-0.2, -0.15) is 0 Å². The van der Waals surface area contributed by atoms with E-state index >= 15 is 0 Å². The summed E-state index contributed by atoms with van der Waals surface area (Å²) in [5, 5.41) is 3.30. The molecule has 2 rings (SSSR count). The topological polar surface area (TPSA) is 58.2 Å². The summed E-state index contributed by atoms with van der Waals surface area (Å²) in [4.78, 5) is 0.407. The summed E-state index contributed by atoms with van der Waals surface area (Å²) < 4.78 is 27.6. The highest BCUT2D eigenvalue weighted by molar-refractivity contribution is 7.89. The molecule has 0 bridgehead atoms. The number of benzene rings is 1. The molecule has 0 spiro atoms. The van der Waals surface area contributed by atoms with Crippen LogP contribution in [0.25, 0.3) is 0 Å². The van der Waals surface area contributed by atoms with Crippen molar-refractivity contribution in [2.45, 2.75) is 38.5 Å². The molecule has 1 saturated heterocycles. The van der Waals surface area contributed by atoms with Crippen molar-refractivity contribution in [3.63, 3.8) is 0 Å². The molecule has 1 unspecified atom stereocenters. The predicted molar refractivity (Wildman–Crippen MR) is 81.4 cm³/mol. The molecule has 0 aromatic heterocycles. The Morgan fingerprint density at radius 2 is 1.90 bits per heavy atom. The molecular weight excluding hydrogens is 272 g/mol. The zero-order chi connectivity index (χ0) is 14.8. The first kappa shape index (κ1) is 15.5. The molecule has 0 radical (unpaired) electrons. The summed E-state index contributed by atoms with van der Waals surface area (Å²) in [6.07, 6.45) is 2.20. The summed E-state index contributed by atoms with van der Waals surface area (Å²) in [5.74, 6) is 0.394. The highest BCUT2D eigenvalue weighted by Crippen LogP contribution is 2.20. The fourth-order valence-corrected chi connectivity index (χ4v) is 4.05. The third-order valence-electron chi connectivity index (χ3n) is 4.04. The molecule has 1 heterocycles. The first-order valence-electron chi connectivity index (χ1n) is 7.18. The highest BCUT2D eigenvalue weighted by atomic mass is 32.2. The SMILES string of the molecule is Cc1cc(C)c(S(=O)(=O)NCC2CCCNC2)cc1C. The summed E-state index contributed by atoms with van der Waals surface area (Å²) in [5.41, 5.74) is 2.94. The van der Waals surface area contributed by atoms with E-state index in [9.17, 15) is 8.42 Å². The van der Waals surface area contributed by atoms with Crippen LogP contribution in [0.4, 0.5) is 0 Å². The minimum Gasteiger partial charge on any atom is -0.316 e. The van der Waals surface area contributed by atoms with Crippen LogP contribution in [-0.2, 0) is 10.0 Å². The van der Waals surface area contributed by atoms with Crippen molar-refractivity contribution in [2.75, 3.05) is 19.6 Å². The van der Waals surface area contributed by atoms with E-state index in [1.807, 2.05) is 26.8 Å². The second-order valence-electron chi connectivity index (χ2n) is 5.77. The lowest BCUT2D eigenvalue weighted by Crippen LogP contribution is -2.38. The number of hydrogen-bond acceptors (Lipinski definition) is 3. The van der Waals surface area contributed by atoms with Gasteiger partial charge in [-0.05, 0) is 75.4 Å². The molecule has 0 amide bonds. The van der Waals surface area contributed by atoms with Gasteiger partial charge < -0.3 is 5.32 Å². The van der Waals surface area contributed by atoms with Crippen molar-refractivity contribution in [3.05, 3.63) is 28.8 Å². The van der Waals surface area contributed by atoms with Crippen LogP contribution in [0.1, 0.15) is 29.5 Å². The van der Waals surface area contributed by atoms with Crippen LogP contribution in [0.5, 0.6) is 0 Å². The van der Waals surface area contributed by atoms with Gasteiger partial charge in [0.25, 0.3) is 0 Å². The summed E-state index contributed by atoms with van der Waals surface area (Å²) in [7, 11) is -3.41. The average molecular weight is 296 g/mol. The molecule has 1 fully saturated rings. The van der Waals surface area contributed by atoms with Crippen LogP contribution in [0.3, 0.4) is 0 Å². The van der Waals surface area contributed by atoms with E-state index < -0.39 is 10.0 Å². The summed E-state index contributed by atoms with van der Waals surface area (Å²) >= 11 is 0. The van der Waals surface area contributed by atoms with Gasteiger partial charge in [-0.15, -0.1) is 0 Å². The Bertz CT molecular complexity index is 576. The van der Waals surface area contributed by atoms with E-state index in [1.54, 1.807) is 6.07 Å². The van der Waals surface area contributed by atoms with E-state index in [1.165, 1.54) is 0 Å².